The van der Waals surface area contributed by atoms with Crippen LogP contribution in [-0.4, -0.2) is 18.0 Å². The number of ether oxygens (including phenoxy) is 1. The van der Waals surface area contributed by atoms with E-state index in [4.69, 9.17) is 4.74 Å². The van der Waals surface area contributed by atoms with E-state index in [0.717, 1.165) is 17.1 Å². The summed E-state index contributed by atoms with van der Waals surface area (Å²) in [5, 5.41) is 9.19. The molecule has 1 aliphatic heterocycles. The average Bonchev–Trinajstić information content (AvgIpc) is 2.54. The molecule has 0 aromatic heterocycles. The zero-order valence-electron chi connectivity index (χ0n) is 12.4. The summed E-state index contributed by atoms with van der Waals surface area (Å²) < 4.78 is 5.34. The molecule has 21 heavy (non-hydrogen) atoms. The molecule has 3 heteroatoms. The molecule has 0 aliphatic carbocycles. The van der Waals surface area contributed by atoms with Crippen LogP contribution in [0.15, 0.2) is 47.4 Å². The third kappa shape index (κ3) is 2.81. The largest absolute Gasteiger partial charge is 0.497 e. The molecule has 110 valence electrons. The van der Waals surface area contributed by atoms with E-state index in [1.165, 1.54) is 16.0 Å². The minimum atomic E-state index is 0.101. The Kier molecular flexibility index (Phi) is 4.22. The van der Waals surface area contributed by atoms with E-state index in [2.05, 4.69) is 31.2 Å². The second kappa shape index (κ2) is 6.12. The molecule has 3 rings (SSSR count). The summed E-state index contributed by atoms with van der Waals surface area (Å²) in [6.07, 6.45) is 0. The number of fused-ring (bicyclic) bond motifs is 1. The Morgan fingerprint density at radius 1 is 1.19 bits per heavy atom. The summed E-state index contributed by atoms with van der Waals surface area (Å²) in [7, 11) is 1.71. The van der Waals surface area contributed by atoms with Crippen LogP contribution in [-0.2, 0) is 6.61 Å². The van der Waals surface area contributed by atoms with Crippen molar-refractivity contribution in [2.24, 2.45) is 5.92 Å². The molecular formula is C18H20O2S. The second-order valence-electron chi connectivity index (χ2n) is 5.57. The maximum Gasteiger partial charge on any atom is 0.119 e. The van der Waals surface area contributed by atoms with Crippen molar-refractivity contribution in [3.05, 3.63) is 59.2 Å². The third-order valence-electron chi connectivity index (χ3n) is 4.15. The minimum absolute atomic E-state index is 0.101. The lowest BCUT2D eigenvalue weighted by Crippen LogP contribution is -2.18. The Labute approximate surface area is 130 Å². The van der Waals surface area contributed by atoms with Crippen LogP contribution >= 0.6 is 11.8 Å². The molecule has 0 fully saturated rings. The summed E-state index contributed by atoms with van der Waals surface area (Å²) in [5.74, 6) is 3.05. The topological polar surface area (TPSA) is 29.5 Å². The molecule has 0 saturated heterocycles. The molecule has 0 saturated carbocycles. The first-order valence-corrected chi connectivity index (χ1v) is 8.22. The SMILES string of the molecule is COc1ccc2c(c1)SCC(C)C2c1ccc(CO)cc1. The molecule has 0 spiro atoms. The highest BCUT2D eigenvalue weighted by Crippen LogP contribution is 2.45. The van der Waals surface area contributed by atoms with Gasteiger partial charge in [-0.25, -0.2) is 0 Å². The Morgan fingerprint density at radius 2 is 1.95 bits per heavy atom. The zero-order valence-corrected chi connectivity index (χ0v) is 13.2. The highest BCUT2D eigenvalue weighted by atomic mass is 32.2. The number of hydrogen-bond donors (Lipinski definition) is 1. The van der Waals surface area contributed by atoms with Crippen LogP contribution in [0.2, 0.25) is 0 Å². The van der Waals surface area contributed by atoms with Crippen molar-refractivity contribution in [3.63, 3.8) is 0 Å². The number of rotatable bonds is 3. The molecule has 2 aromatic carbocycles. The second-order valence-corrected chi connectivity index (χ2v) is 6.63. The Bertz CT molecular complexity index is 622. The molecule has 0 radical (unpaired) electrons. The molecular weight excluding hydrogens is 280 g/mol. The van der Waals surface area contributed by atoms with Gasteiger partial charge in [-0.05, 0) is 34.7 Å². The minimum Gasteiger partial charge on any atom is -0.497 e. The van der Waals surface area contributed by atoms with Gasteiger partial charge in [0.1, 0.15) is 5.75 Å². The fourth-order valence-electron chi connectivity index (χ4n) is 2.99. The van der Waals surface area contributed by atoms with Crippen molar-refractivity contribution in [1.29, 1.82) is 0 Å². The molecule has 2 aromatic rings. The van der Waals surface area contributed by atoms with Crippen molar-refractivity contribution >= 4 is 11.8 Å². The van der Waals surface area contributed by atoms with Crippen molar-refractivity contribution in [3.8, 4) is 5.75 Å². The van der Waals surface area contributed by atoms with Gasteiger partial charge in [-0.3, -0.25) is 0 Å². The number of aliphatic hydroxyl groups is 1. The van der Waals surface area contributed by atoms with E-state index in [1.54, 1.807) is 7.11 Å². The molecule has 1 heterocycles. The molecule has 0 bridgehead atoms. The van der Waals surface area contributed by atoms with Crippen molar-refractivity contribution < 1.29 is 9.84 Å². The average molecular weight is 300 g/mol. The van der Waals surface area contributed by atoms with E-state index in [0.29, 0.717) is 11.8 Å². The van der Waals surface area contributed by atoms with Gasteiger partial charge in [0.05, 0.1) is 13.7 Å². The van der Waals surface area contributed by atoms with Gasteiger partial charge in [0.2, 0.25) is 0 Å². The normalized spacial score (nSPS) is 20.9. The van der Waals surface area contributed by atoms with Crippen molar-refractivity contribution in [2.45, 2.75) is 24.3 Å². The highest BCUT2D eigenvalue weighted by molar-refractivity contribution is 7.99. The van der Waals surface area contributed by atoms with E-state index in [9.17, 15) is 5.11 Å². The lowest BCUT2D eigenvalue weighted by molar-refractivity contribution is 0.282. The molecule has 1 N–H and O–H groups in total. The summed E-state index contributed by atoms with van der Waals surface area (Å²) in [6, 6.07) is 14.7. The van der Waals surface area contributed by atoms with Gasteiger partial charge in [-0.15, -0.1) is 11.8 Å². The fourth-order valence-corrected chi connectivity index (χ4v) is 4.18. The van der Waals surface area contributed by atoms with Crippen LogP contribution in [0.5, 0.6) is 5.75 Å². The highest BCUT2D eigenvalue weighted by Gasteiger charge is 2.28. The Balaban J connectivity index is 2.01. The quantitative estimate of drug-likeness (QED) is 0.927. The molecule has 0 amide bonds. The van der Waals surface area contributed by atoms with Gasteiger partial charge in [-0.2, -0.15) is 0 Å². The summed E-state index contributed by atoms with van der Waals surface area (Å²) >= 11 is 1.91. The van der Waals surface area contributed by atoms with Crippen LogP contribution in [0.3, 0.4) is 0 Å². The van der Waals surface area contributed by atoms with Gasteiger partial charge >= 0.3 is 0 Å². The number of hydrogen-bond acceptors (Lipinski definition) is 3. The summed E-state index contributed by atoms with van der Waals surface area (Å²) in [5.41, 5.74) is 3.68. The predicted octanol–water partition coefficient (Wildman–Crippen LogP) is 4.06. The van der Waals surface area contributed by atoms with Gasteiger partial charge in [0.25, 0.3) is 0 Å². The van der Waals surface area contributed by atoms with Gasteiger partial charge in [0.15, 0.2) is 0 Å². The van der Waals surface area contributed by atoms with E-state index >= 15 is 0 Å². The summed E-state index contributed by atoms with van der Waals surface area (Å²) in [6.45, 7) is 2.41. The van der Waals surface area contributed by atoms with E-state index < -0.39 is 0 Å². The predicted molar refractivity (Wildman–Crippen MR) is 87.1 cm³/mol. The first kappa shape index (κ1) is 14.5. The third-order valence-corrected chi connectivity index (χ3v) is 5.50. The number of aliphatic hydroxyl groups excluding tert-OH is 1. The Morgan fingerprint density at radius 3 is 2.62 bits per heavy atom. The number of benzene rings is 2. The molecule has 2 unspecified atom stereocenters. The molecule has 2 nitrogen and oxygen atoms in total. The van der Waals surface area contributed by atoms with Crippen molar-refractivity contribution in [1.82, 2.24) is 0 Å². The number of thioether (sulfide) groups is 1. The van der Waals surface area contributed by atoms with Crippen LogP contribution < -0.4 is 4.74 Å². The van der Waals surface area contributed by atoms with Crippen molar-refractivity contribution in [2.75, 3.05) is 12.9 Å². The zero-order chi connectivity index (χ0) is 14.8. The Hall–Kier alpha value is -1.45. The maximum atomic E-state index is 9.19. The van der Waals surface area contributed by atoms with Crippen LogP contribution in [0.1, 0.15) is 29.5 Å². The maximum absolute atomic E-state index is 9.19. The smallest absolute Gasteiger partial charge is 0.119 e. The fraction of sp³-hybridized carbons (Fsp3) is 0.333. The van der Waals surface area contributed by atoms with Crippen LogP contribution in [0.4, 0.5) is 0 Å². The first-order chi connectivity index (χ1) is 10.2. The first-order valence-electron chi connectivity index (χ1n) is 7.23. The van der Waals surface area contributed by atoms with Gasteiger partial charge in [-0.1, -0.05) is 37.3 Å². The van der Waals surface area contributed by atoms with E-state index in [1.807, 2.05) is 30.0 Å². The van der Waals surface area contributed by atoms with Gasteiger partial charge < -0.3 is 9.84 Å². The van der Waals surface area contributed by atoms with Gasteiger partial charge in [0, 0.05) is 16.6 Å². The van der Waals surface area contributed by atoms with E-state index in [-0.39, 0.29) is 6.61 Å². The lowest BCUT2D eigenvalue weighted by Gasteiger charge is -2.31. The van der Waals surface area contributed by atoms with Crippen LogP contribution in [0.25, 0.3) is 0 Å². The molecule has 2 atom stereocenters. The lowest BCUT2D eigenvalue weighted by atomic mass is 9.82. The van der Waals surface area contributed by atoms with Crippen LogP contribution in [0, 0.1) is 5.92 Å². The monoisotopic (exact) mass is 300 g/mol. The number of methoxy groups -OCH3 is 1. The summed E-state index contributed by atoms with van der Waals surface area (Å²) in [4.78, 5) is 1.32. The molecule has 1 aliphatic rings. The standard InChI is InChI=1S/C18H20O2S/c1-12-11-21-17-9-15(20-2)7-8-16(17)18(12)14-5-3-13(10-19)4-6-14/h3-9,12,18-19H,10-11H2,1-2H3.